The highest BCUT2D eigenvalue weighted by molar-refractivity contribution is 7.89. The molecule has 41 heavy (non-hydrogen) atoms. The molecule has 9 nitrogen and oxygen atoms in total. The molecular formula is C31H31N3O6S. The van der Waals surface area contributed by atoms with Crippen molar-refractivity contribution in [2.45, 2.75) is 18.0 Å². The van der Waals surface area contributed by atoms with E-state index in [2.05, 4.69) is 10.5 Å². The van der Waals surface area contributed by atoms with Crippen molar-refractivity contribution in [2.24, 2.45) is 5.10 Å². The third-order valence-electron chi connectivity index (χ3n) is 6.02. The van der Waals surface area contributed by atoms with Crippen LogP contribution in [0.3, 0.4) is 0 Å². The lowest BCUT2D eigenvalue weighted by molar-refractivity contribution is -0.121. The number of ether oxygens (including phenoxy) is 3. The quantitative estimate of drug-likeness (QED) is 0.185. The lowest BCUT2D eigenvalue weighted by Crippen LogP contribution is -2.39. The number of hydrazone groups is 1. The average Bonchev–Trinajstić information content (AvgIpc) is 3.00. The lowest BCUT2D eigenvalue weighted by atomic mass is 10.2. The molecule has 0 aliphatic carbocycles. The molecule has 0 saturated carbocycles. The molecule has 0 fully saturated rings. The first-order valence-electron chi connectivity index (χ1n) is 12.7. The normalized spacial score (nSPS) is 11.4. The van der Waals surface area contributed by atoms with Crippen molar-refractivity contribution >= 4 is 22.1 Å². The van der Waals surface area contributed by atoms with Gasteiger partial charge in [0.05, 0.1) is 31.9 Å². The van der Waals surface area contributed by atoms with Gasteiger partial charge < -0.3 is 14.2 Å². The minimum absolute atomic E-state index is 0.0184. The van der Waals surface area contributed by atoms with Gasteiger partial charge >= 0.3 is 0 Å². The van der Waals surface area contributed by atoms with Crippen LogP contribution in [0.15, 0.2) is 113 Å². The Labute approximate surface area is 240 Å². The van der Waals surface area contributed by atoms with E-state index in [-0.39, 0.29) is 17.2 Å². The smallest absolute Gasteiger partial charge is 0.255 e. The number of hydrogen-bond acceptors (Lipinski definition) is 7. The van der Waals surface area contributed by atoms with Crippen molar-refractivity contribution < 1.29 is 27.4 Å². The second-order valence-electron chi connectivity index (χ2n) is 8.92. The van der Waals surface area contributed by atoms with Gasteiger partial charge in [-0.1, -0.05) is 72.8 Å². The van der Waals surface area contributed by atoms with Crippen molar-refractivity contribution in [2.75, 3.05) is 20.8 Å². The summed E-state index contributed by atoms with van der Waals surface area (Å²) >= 11 is 0. The Morgan fingerprint density at radius 1 is 0.829 bits per heavy atom. The van der Waals surface area contributed by atoms with E-state index in [0.29, 0.717) is 23.7 Å². The van der Waals surface area contributed by atoms with Gasteiger partial charge in [-0.15, -0.1) is 0 Å². The van der Waals surface area contributed by atoms with Crippen molar-refractivity contribution in [3.8, 4) is 17.2 Å². The van der Waals surface area contributed by atoms with Crippen LogP contribution in [0.1, 0.15) is 16.7 Å². The summed E-state index contributed by atoms with van der Waals surface area (Å²) in [5.41, 5.74) is 4.90. The minimum Gasteiger partial charge on any atom is -0.493 e. The fraction of sp³-hybridized carbons (Fsp3) is 0.161. The van der Waals surface area contributed by atoms with Gasteiger partial charge in [0.25, 0.3) is 5.91 Å². The van der Waals surface area contributed by atoms with E-state index < -0.39 is 22.5 Å². The van der Waals surface area contributed by atoms with Gasteiger partial charge in [-0.2, -0.15) is 9.41 Å². The highest BCUT2D eigenvalue weighted by Crippen LogP contribution is 2.31. The van der Waals surface area contributed by atoms with Crippen LogP contribution in [0.4, 0.5) is 0 Å². The topological polar surface area (TPSA) is 107 Å². The Bertz CT molecular complexity index is 1580. The molecule has 4 aromatic carbocycles. The zero-order chi connectivity index (χ0) is 29.1. The molecule has 0 atom stereocenters. The summed E-state index contributed by atoms with van der Waals surface area (Å²) < 4.78 is 44.7. The Kier molecular flexibility index (Phi) is 10.1. The number of nitrogens with zero attached hydrogens (tertiary/aromatic N) is 2. The predicted octanol–water partition coefficient (Wildman–Crippen LogP) is 4.62. The standard InChI is InChI=1S/C31H31N3O6S/c1-38-29-17-16-28(19-30(29)39-2)41(36,37)34(21-24-10-5-3-6-11-24)22-31(35)33-32-20-26-14-9-15-27(18-26)40-23-25-12-7-4-8-13-25/h3-20H,21-23H2,1-2H3,(H,33,35)/b32-20-. The Hall–Kier alpha value is -4.67. The SMILES string of the molecule is COc1ccc(S(=O)(=O)N(CC(=O)N/N=C\c2cccc(OCc3ccccc3)c2)Cc2ccccc2)cc1OC. The summed E-state index contributed by atoms with van der Waals surface area (Å²) in [4.78, 5) is 12.8. The van der Waals surface area contributed by atoms with Crippen molar-refractivity contribution in [3.05, 3.63) is 120 Å². The Morgan fingerprint density at radius 2 is 1.51 bits per heavy atom. The molecule has 0 heterocycles. The number of carbonyl (C=O) groups excluding carboxylic acids is 1. The second kappa shape index (κ2) is 14.1. The van der Waals surface area contributed by atoms with Crippen LogP contribution in [-0.2, 0) is 28.0 Å². The fourth-order valence-corrected chi connectivity index (χ4v) is 5.34. The van der Waals surface area contributed by atoms with Gasteiger partial charge in [-0.25, -0.2) is 13.8 Å². The number of benzene rings is 4. The molecule has 1 N–H and O–H groups in total. The van der Waals surface area contributed by atoms with E-state index in [4.69, 9.17) is 14.2 Å². The lowest BCUT2D eigenvalue weighted by Gasteiger charge is -2.22. The third kappa shape index (κ3) is 8.17. The number of hydrogen-bond donors (Lipinski definition) is 1. The van der Waals surface area contributed by atoms with Crippen molar-refractivity contribution in [1.82, 2.24) is 9.73 Å². The summed E-state index contributed by atoms with van der Waals surface area (Å²) in [6.07, 6.45) is 1.47. The van der Waals surface area contributed by atoms with Crippen molar-refractivity contribution in [3.63, 3.8) is 0 Å². The van der Waals surface area contributed by atoms with Crippen LogP contribution >= 0.6 is 0 Å². The van der Waals surface area contributed by atoms with E-state index in [1.54, 1.807) is 30.3 Å². The van der Waals surface area contributed by atoms with Crippen molar-refractivity contribution in [1.29, 1.82) is 0 Å². The molecule has 0 bridgehead atoms. The van der Waals surface area contributed by atoms with Gasteiger partial charge in [0.1, 0.15) is 12.4 Å². The van der Waals surface area contributed by atoms with Gasteiger partial charge in [0, 0.05) is 12.6 Å². The summed E-state index contributed by atoms with van der Waals surface area (Å²) in [7, 11) is -1.21. The van der Waals surface area contributed by atoms with Crippen LogP contribution in [0.5, 0.6) is 17.2 Å². The highest BCUT2D eigenvalue weighted by atomic mass is 32.2. The maximum atomic E-state index is 13.6. The maximum absolute atomic E-state index is 13.6. The summed E-state index contributed by atoms with van der Waals surface area (Å²) in [5.74, 6) is 0.705. The first kappa shape index (κ1) is 29.3. The zero-order valence-corrected chi connectivity index (χ0v) is 23.6. The minimum atomic E-state index is -4.10. The largest absolute Gasteiger partial charge is 0.493 e. The maximum Gasteiger partial charge on any atom is 0.255 e. The van der Waals surface area contributed by atoms with Gasteiger partial charge in [-0.3, -0.25) is 4.79 Å². The number of methoxy groups -OCH3 is 2. The molecule has 0 aliphatic heterocycles. The predicted molar refractivity (Wildman–Crippen MR) is 157 cm³/mol. The first-order chi connectivity index (χ1) is 19.9. The molecule has 0 unspecified atom stereocenters. The summed E-state index contributed by atoms with van der Waals surface area (Å²) in [6, 6.07) is 30.4. The molecule has 4 rings (SSSR count). The zero-order valence-electron chi connectivity index (χ0n) is 22.8. The van der Waals surface area contributed by atoms with Crippen LogP contribution in [0, 0.1) is 0 Å². The molecule has 212 valence electrons. The number of rotatable bonds is 13. The van der Waals surface area contributed by atoms with E-state index in [1.165, 1.54) is 38.6 Å². The Balaban J connectivity index is 1.45. The Morgan fingerprint density at radius 3 is 2.20 bits per heavy atom. The van der Waals surface area contributed by atoms with Crippen LogP contribution < -0.4 is 19.6 Å². The van der Waals surface area contributed by atoms with Crippen LogP contribution in [-0.4, -0.2) is 45.6 Å². The third-order valence-corrected chi connectivity index (χ3v) is 7.81. The highest BCUT2D eigenvalue weighted by Gasteiger charge is 2.28. The molecule has 4 aromatic rings. The van der Waals surface area contributed by atoms with Gasteiger partial charge in [0.15, 0.2) is 11.5 Å². The summed E-state index contributed by atoms with van der Waals surface area (Å²) in [6.45, 7) is -0.0530. The summed E-state index contributed by atoms with van der Waals surface area (Å²) in [5, 5.41) is 4.03. The van der Waals surface area contributed by atoms with Crippen LogP contribution in [0.25, 0.3) is 0 Å². The van der Waals surface area contributed by atoms with E-state index in [1.807, 2.05) is 54.6 Å². The molecular weight excluding hydrogens is 542 g/mol. The number of amides is 1. The number of carbonyl (C=O) groups is 1. The average molecular weight is 574 g/mol. The van der Waals surface area contributed by atoms with E-state index in [9.17, 15) is 13.2 Å². The van der Waals surface area contributed by atoms with E-state index in [0.717, 1.165) is 15.4 Å². The fourth-order valence-electron chi connectivity index (χ4n) is 3.94. The molecule has 10 heteroatoms. The molecule has 0 aromatic heterocycles. The van der Waals surface area contributed by atoms with Gasteiger partial charge in [0.2, 0.25) is 10.0 Å². The number of sulfonamides is 1. The molecule has 0 radical (unpaired) electrons. The molecule has 1 amide bonds. The first-order valence-corrected chi connectivity index (χ1v) is 14.2. The molecule has 0 spiro atoms. The second-order valence-corrected chi connectivity index (χ2v) is 10.9. The molecule has 0 saturated heterocycles. The number of nitrogens with one attached hydrogen (secondary N) is 1. The van der Waals surface area contributed by atoms with E-state index >= 15 is 0 Å². The van der Waals surface area contributed by atoms with Gasteiger partial charge in [-0.05, 0) is 41.0 Å². The molecule has 0 aliphatic rings. The van der Waals surface area contributed by atoms with Crippen LogP contribution in [0.2, 0.25) is 0 Å². The monoisotopic (exact) mass is 573 g/mol.